The number of phenolic OH excluding ortho intramolecular Hbond substituents is 1. The van der Waals surface area contributed by atoms with E-state index in [9.17, 15) is 9.90 Å². The Morgan fingerprint density at radius 1 is 1.40 bits per heavy atom. The molecule has 0 aromatic heterocycles. The molecular formula is C14H20BrClN2O2. The van der Waals surface area contributed by atoms with Crippen molar-refractivity contribution in [3.8, 4) is 5.75 Å². The minimum atomic E-state index is -0.0873. The lowest BCUT2D eigenvalue weighted by atomic mass is 9.83. The number of carbonyl (C=O) groups excluding carboxylic acids is 1. The van der Waals surface area contributed by atoms with Gasteiger partial charge in [0.1, 0.15) is 5.75 Å². The second kappa shape index (κ2) is 7.86. The van der Waals surface area contributed by atoms with Crippen LogP contribution in [0.15, 0.2) is 22.7 Å². The number of nitrogens with two attached hydrogens (primary N) is 1. The molecule has 0 spiro atoms. The van der Waals surface area contributed by atoms with Crippen molar-refractivity contribution in [2.75, 3.05) is 5.32 Å². The van der Waals surface area contributed by atoms with Crippen LogP contribution in [0.25, 0.3) is 0 Å². The second-order valence-corrected chi connectivity index (χ2v) is 6.04. The molecule has 1 fully saturated rings. The fraction of sp³-hybridized carbons (Fsp3) is 0.500. The summed E-state index contributed by atoms with van der Waals surface area (Å²) in [6.07, 6.45) is 4.74. The van der Waals surface area contributed by atoms with Crippen LogP contribution in [0.3, 0.4) is 0 Å². The number of aromatic hydroxyl groups is 1. The Morgan fingerprint density at radius 3 is 2.80 bits per heavy atom. The molecule has 1 aromatic carbocycles. The van der Waals surface area contributed by atoms with Gasteiger partial charge in [-0.05, 0) is 37.0 Å². The molecule has 1 aliphatic rings. The lowest BCUT2D eigenvalue weighted by Crippen LogP contribution is -2.35. The largest absolute Gasteiger partial charge is 0.506 e. The van der Waals surface area contributed by atoms with Crippen molar-refractivity contribution in [1.29, 1.82) is 0 Å². The number of halogens is 2. The van der Waals surface area contributed by atoms with Gasteiger partial charge in [-0.2, -0.15) is 0 Å². The Kier molecular flexibility index (Phi) is 6.79. The number of nitrogens with one attached hydrogen (secondary N) is 1. The first-order chi connectivity index (χ1) is 9.06. The smallest absolute Gasteiger partial charge is 0.224 e. The highest BCUT2D eigenvalue weighted by molar-refractivity contribution is 9.10. The molecule has 0 bridgehead atoms. The quantitative estimate of drug-likeness (QED) is 0.720. The summed E-state index contributed by atoms with van der Waals surface area (Å²) < 4.78 is 0.815. The highest BCUT2D eigenvalue weighted by Crippen LogP contribution is 2.29. The number of hydrogen-bond acceptors (Lipinski definition) is 3. The average molecular weight is 364 g/mol. The van der Waals surface area contributed by atoms with Gasteiger partial charge in [0, 0.05) is 16.9 Å². The Bertz CT molecular complexity index is 470. The Hall–Kier alpha value is -0.780. The summed E-state index contributed by atoms with van der Waals surface area (Å²) in [5.74, 6) is 0.239. The van der Waals surface area contributed by atoms with Crippen LogP contribution in [0, 0.1) is 5.92 Å². The van der Waals surface area contributed by atoms with Crippen LogP contribution in [0.1, 0.15) is 32.1 Å². The van der Waals surface area contributed by atoms with Crippen molar-refractivity contribution in [3.63, 3.8) is 0 Å². The minimum absolute atomic E-state index is 0. The van der Waals surface area contributed by atoms with Crippen LogP contribution in [0.2, 0.25) is 0 Å². The number of hydrogen-bond donors (Lipinski definition) is 3. The molecule has 2 rings (SSSR count). The van der Waals surface area contributed by atoms with Crippen LogP contribution in [-0.4, -0.2) is 17.1 Å². The van der Waals surface area contributed by atoms with Gasteiger partial charge in [0.05, 0.1) is 5.69 Å². The fourth-order valence-corrected chi connectivity index (χ4v) is 2.90. The molecule has 1 saturated carbocycles. The summed E-state index contributed by atoms with van der Waals surface area (Å²) in [5, 5.41) is 12.4. The van der Waals surface area contributed by atoms with Gasteiger partial charge in [-0.1, -0.05) is 28.8 Å². The van der Waals surface area contributed by atoms with E-state index in [-0.39, 0.29) is 36.0 Å². The van der Waals surface area contributed by atoms with E-state index >= 15 is 0 Å². The molecule has 0 aliphatic heterocycles. The molecule has 1 amide bonds. The number of rotatable bonds is 3. The number of anilines is 1. The number of phenols is 1. The molecule has 4 N–H and O–H groups in total. The molecule has 2 unspecified atom stereocenters. The molecule has 1 aliphatic carbocycles. The predicted octanol–water partition coefficient (Wildman–Crippen LogP) is 3.42. The van der Waals surface area contributed by atoms with Crippen molar-refractivity contribution >= 4 is 39.9 Å². The first-order valence-electron chi connectivity index (χ1n) is 6.60. The third-order valence-corrected chi connectivity index (χ3v) is 4.14. The molecule has 0 saturated heterocycles. The van der Waals surface area contributed by atoms with E-state index in [1.54, 1.807) is 18.2 Å². The Balaban J connectivity index is 0.00000200. The Morgan fingerprint density at radius 2 is 2.10 bits per heavy atom. The normalized spacial score (nSPS) is 21.9. The maximum atomic E-state index is 12.0. The maximum Gasteiger partial charge on any atom is 0.224 e. The zero-order valence-corrected chi connectivity index (χ0v) is 13.5. The maximum absolute atomic E-state index is 12.0. The van der Waals surface area contributed by atoms with Crippen LogP contribution in [-0.2, 0) is 4.79 Å². The molecule has 112 valence electrons. The summed E-state index contributed by atoms with van der Waals surface area (Å²) in [6, 6.07) is 5.08. The summed E-state index contributed by atoms with van der Waals surface area (Å²) in [4.78, 5) is 12.0. The van der Waals surface area contributed by atoms with Crippen molar-refractivity contribution in [2.45, 2.75) is 38.1 Å². The van der Waals surface area contributed by atoms with E-state index in [1.165, 1.54) is 0 Å². The highest BCUT2D eigenvalue weighted by atomic mass is 79.9. The number of carbonyl (C=O) groups is 1. The van der Waals surface area contributed by atoms with E-state index in [0.717, 1.165) is 30.2 Å². The summed E-state index contributed by atoms with van der Waals surface area (Å²) >= 11 is 3.31. The average Bonchev–Trinajstić information content (AvgIpc) is 2.37. The zero-order valence-electron chi connectivity index (χ0n) is 11.1. The lowest BCUT2D eigenvalue weighted by Gasteiger charge is -2.28. The van der Waals surface area contributed by atoms with E-state index < -0.39 is 0 Å². The molecule has 0 radical (unpaired) electrons. The topological polar surface area (TPSA) is 75.4 Å². The van der Waals surface area contributed by atoms with Crippen molar-refractivity contribution in [1.82, 2.24) is 0 Å². The van der Waals surface area contributed by atoms with E-state index in [2.05, 4.69) is 21.2 Å². The monoisotopic (exact) mass is 362 g/mol. The van der Waals surface area contributed by atoms with Crippen molar-refractivity contribution < 1.29 is 9.90 Å². The van der Waals surface area contributed by atoms with Gasteiger partial charge in [-0.3, -0.25) is 4.79 Å². The van der Waals surface area contributed by atoms with E-state index in [0.29, 0.717) is 12.1 Å². The molecule has 1 aromatic rings. The second-order valence-electron chi connectivity index (χ2n) is 5.12. The van der Waals surface area contributed by atoms with Crippen molar-refractivity contribution in [2.24, 2.45) is 11.7 Å². The summed E-state index contributed by atoms with van der Waals surface area (Å²) in [5.41, 5.74) is 6.47. The van der Waals surface area contributed by atoms with Crippen LogP contribution < -0.4 is 11.1 Å². The third-order valence-electron chi connectivity index (χ3n) is 3.65. The standard InChI is InChI=1S/C14H19BrN2O2.ClH/c15-10-5-6-13(18)12(8-10)17-14(19)7-9-3-1-2-4-11(9)16;/h5-6,8-9,11,18H,1-4,7,16H2,(H,17,19);1H. The van der Waals surface area contributed by atoms with E-state index in [4.69, 9.17) is 5.73 Å². The zero-order chi connectivity index (χ0) is 13.8. The summed E-state index contributed by atoms with van der Waals surface area (Å²) in [6.45, 7) is 0. The van der Waals surface area contributed by atoms with Crippen LogP contribution in [0.5, 0.6) is 5.75 Å². The lowest BCUT2D eigenvalue weighted by molar-refractivity contribution is -0.117. The fourth-order valence-electron chi connectivity index (χ4n) is 2.54. The minimum Gasteiger partial charge on any atom is -0.506 e. The number of benzene rings is 1. The molecule has 6 heteroatoms. The van der Waals surface area contributed by atoms with Gasteiger partial charge in [0.15, 0.2) is 0 Å². The third kappa shape index (κ3) is 4.65. The molecule has 4 nitrogen and oxygen atoms in total. The predicted molar refractivity (Wildman–Crippen MR) is 86.2 cm³/mol. The first-order valence-corrected chi connectivity index (χ1v) is 7.39. The molecule has 20 heavy (non-hydrogen) atoms. The summed E-state index contributed by atoms with van der Waals surface area (Å²) in [7, 11) is 0. The van der Waals surface area contributed by atoms with Crippen LogP contribution >= 0.6 is 28.3 Å². The van der Waals surface area contributed by atoms with E-state index in [1.807, 2.05) is 0 Å². The van der Waals surface area contributed by atoms with Crippen molar-refractivity contribution in [3.05, 3.63) is 22.7 Å². The van der Waals surface area contributed by atoms with Gasteiger partial charge in [-0.15, -0.1) is 12.4 Å². The SMILES string of the molecule is Cl.NC1CCCCC1CC(=O)Nc1cc(Br)ccc1O. The van der Waals surface area contributed by atoms with Gasteiger partial charge >= 0.3 is 0 Å². The highest BCUT2D eigenvalue weighted by Gasteiger charge is 2.24. The Labute approximate surface area is 133 Å². The first kappa shape index (κ1) is 17.3. The van der Waals surface area contributed by atoms with Gasteiger partial charge in [0.2, 0.25) is 5.91 Å². The van der Waals surface area contributed by atoms with Gasteiger partial charge in [-0.25, -0.2) is 0 Å². The van der Waals surface area contributed by atoms with Crippen LogP contribution in [0.4, 0.5) is 5.69 Å². The van der Waals surface area contributed by atoms with Gasteiger partial charge in [0.25, 0.3) is 0 Å². The number of amides is 1. The van der Waals surface area contributed by atoms with Gasteiger partial charge < -0.3 is 16.2 Å². The molecule has 2 atom stereocenters. The molecular weight excluding hydrogens is 344 g/mol. The molecule has 0 heterocycles.